The molecule has 0 aromatic heterocycles. The lowest BCUT2D eigenvalue weighted by atomic mass is 10.1. The Morgan fingerprint density at radius 2 is 2.15 bits per heavy atom. The molecule has 1 aromatic rings. The molecule has 0 radical (unpaired) electrons. The lowest BCUT2D eigenvalue weighted by Crippen LogP contribution is -2.13. The van der Waals surface area contributed by atoms with E-state index in [1.54, 1.807) is 0 Å². The maximum absolute atomic E-state index is 3.53. The quantitative estimate of drug-likeness (QED) is 0.799. The highest BCUT2D eigenvalue weighted by Crippen LogP contribution is 2.17. The van der Waals surface area contributed by atoms with Crippen molar-refractivity contribution in [2.24, 2.45) is 0 Å². The highest BCUT2D eigenvalue weighted by molar-refractivity contribution is 9.10. The van der Waals surface area contributed by atoms with Gasteiger partial charge in [-0.1, -0.05) is 35.0 Å². The Balaban J connectivity index is 2.53. The van der Waals surface area contributed by atoms with Crippen molar-refractivity contribution in [1.29, 1.82) is 0 Å². The lowest BCUT2D eigenvalue weighted by molar-refractivity contribution is 0.675. The second-order valence-corrected chi connectivity index (χ2v) is 4.11. The average molecular weight is 242 g/mol. The number of hydrogen-bond donors (Lipinski definition) is 1. The van der Waals surface area contributed by atoms with Gasteiger partial charge in [-0.15, -0.1) is 0 Å². The molecule has 0 amide bonds. The summed E-state index contributed by atoms with van der Waals surface area (Å²) < 4.78 is 1.20. The fourth-order valence-electron chi connectivity index (χ4n) is 1.16. The molecule has 0 aliphatic carbocycles. The van der Waals surface area contributed by atoms with Gasteiger partial charge in [-0.05, 0) is 37.1 Å². The van der Waals surface area contributed by atoms with Gasteiger partial charge in [0, 0.05) is 11.0 Å². The molecule has 2 heteroatoms. The van der Waals surface area contributed by atoms with Crippen LogP contribution in [0.5, 0.6) is 0 Å². The van der Waals surface area contributed by atoms with Gasteiger partial charge in [0.2, 0.25) is 0 Å². The van der Waals surface area contributed by atoms with Gasteiger partial charge in [0.25, 0.3) is 0 Å². The first-order valence-corrected chi connectivity index (χ1v) is 5.49. The van der Waals surface area contributed by atoms with Crippen LogP contribution in [0.1, 0.15) is 24.5 Å². The van der Waals surface area contributed by atoms with Crippen molar-refractivity contribution in [1.82, 2.24) is 5.32 Å². The molecule has 1 N–H and O–H groups in total. The molecule has 0 saturated heterocycles. The molecule has 13 heavy (non-hydrogen) atoms. The third-order valence-electron chi connectivity index (χ3n) is 1.99. The first-order chi connectivity index (χ1) is 6.24. The normalized spacial score (nSPS) is 10.4. The number of hydrogen-bond acceptors (Lipinski definition) is 1. The number of aryl methyl sites for hydroxylation is 1. The molecule has 1 aromatic carbocycles. The Bertz CT molecular complexity index is 271. The second-order valence-electron chi connectivity index (χ2n) is 3.26. The van der Waals surface area contributed by atoms with Crippen LogP contribution in [-0.2, 0) is 6.54 Å². The van der Waals surface area contributed by atoms with Crippen LogP contribution in [0.4, 0.5) is 0 Å². The molecule has 0 saturated carbocycles. The fourth-order valence-corrected chi connectivity index (χ4v) is 1.58. The van der Waals surface area contributed by atoms with Crippen LogP contribution in [-0.4, -0.2) is 6.54 Å². The largest absolute Gasteiger partial charge is 0.313 e. The van der Waals surface area contributed by atoms with Gasteiger partial charge in [0.15, 0.2) is 0 Å². The van der Waals surface area contributed by atoms with Crippen molar-refractivity contribution in [2.45, 2.75) is 26.8 Å². The van der Waals surface area contributed by atoms with E-state index in [0.717, 1.165) is 13.1 Å². The van der Waals surface area contributed by atoms with Crippen molar-refractivity contribution in [2.75, 3.05) is 6.54 Å². The van der Waals surface area contributed by atoms with Gasteiger partial charge >= 0.3 is 0 Å². The third kappa shape index (κ3) is 3.49. The van der Waals surface area contributed by atoms with Crippen molar-refractivity contribution in [3.63, 3.8) is 0 Å². The zero-order chi connectivity index (χ0) is 9.68. The molecule has 0 bridgehead atoms. The summed E-state index contributed by atoms with van der Waals surface area (Å²) in [5.41, 5.74) is 2.63. The summed E-state index contributed by atoms with van der Waals surface area (Å²) in [4.78, 5) is 0. The Kier molecular flexibility index (Phi) is 4.46. The molecule has 72 valence electrons. The average Bonchev–Trinajstić information content (AvgIpc) is 2.12. The van der Waals surface area contributed by atoms with Crippen LogP contribution in [0.3, 0.4) is 0 Å². The zero-order valence-corrected chi connectivity index (χ0v) is 9.82. The summed E-state index contributed by atoms with van der Waals surface area (Å²) in [6, 6.07) is 6.49. The van der Waals surface area contributed by atoms with Crippen LogP contribution in [0.2, 0.25) is 0 Å². The minimum absolute atomic E-state index is 0.965. The lowest BCUT2D eigenvalue weighted by Gasteiger charge is -2.05. The van der Waals surface area contributed by atoms with Gasteiger partial charge < -0.3 is 5.32 Å². The summed E-state index contributed by atoms with van der Waals surface area (Å²) >= 11 is 3.53. The minimum Gasteiger partial charge on any atom is -0.313 e. The molecule has 0 heterocycles. The van der Waals surface area contributed by atoms with Gasteiger partial charge in [0.1, 0.15) is 0 Å². The van der Waals surface area contributed by atoms with E-state index in [2.05, 4.69) is 53.3 Å². The Morgan fingerprint density at radius 3 is 2.77 bits per heavy atom. The zero-order valence-electron chi connectivity index (χ0n) is 8.23. The standard InChI is InChI=1S/C11H16BrN/c1-3-6-13-8-10-5-4-9(2)11(12)7-10/h4-5,7,13H,3,6,8H2,1-2H3. The molecule has 1 nitrogen and oxygen atoms in total. The summed E-state index contributed by atoms with van der Waals surface area (Å²) in [6.45, 7) is 6.34. The van der Waals surface area contributed by atoms with Gasteiger partial charge in [-0.3, -0.25) is 0 Å². The Morgan fingerprint density at radius 1 is 1.38 bits per heavy atom. The van der Waals surface area contributed by atoms with Crippen molar-refractivity contribution in [3.05, 3.63) is 33.8 Å². The first-order valence-electron chi connectivity index (χ1n) is 4.69. The van der Waals surface area contributed by atoms with Gasteiger partial charge in [0.05, 0.1) is 0 Å². The van der Waals surface area contributed by atoms with Crippen LogP contribution < -0.4 is 5.32 Å². The van der Waals surface area contributed by atoms with E-state index in [1.165, 1.54) is 22.0 Å². The van der Waals surface area contributed by atoms with Crippen LogP contribution >= 0.6 is 15.9 Å². The number of rotatable bonds is 4. The summed E-state index contributed by atoms with van der Waals surface area (Å²) in [6.07, 6.45) is 1.19. The number of halogens is 1. The molecule has 0 spiro atoms. The molecular weight excluding hydrogens is 226 g/mol. The predicted octanol–water partition coefficient (Wildman–Crippen LogP) is 3.26. The number of nitrogens with one attached hydrogen (secondary N) is 1. The second kappa shape index (κ2) is 5.40. The maximum atomic E-state index is 3.53. The van der Waals surface area contributed by atoms with E-state index in [4.69, 9.17) is 0 Å². The van der Waals surface area contributed by atoms with Gasteiger partial charge in [-0.25, -0.2) is 0 Å². The SMILES string of the molecule is CCCNCc1ccc(C)c(Br)c1. The molecule has 0 aliphatic heterocycles. The van der Waals surface area contributed by atoms with Crippen molar-refractivity contribution < 1.29 is 0 Å². The van der Waals surface area contributed by atoms with E-state index < -0.39 is 0 Å². The monoisotopic (exact) mass is 241 g/mol. The highest BCUT2D eigenvalue weighted by Gasteiger charge is 1.96. The van der Waals surface area contributed by atoms with Crippen LogP contribution in [0, 0.1) is 6.92 Å². The molecular formula is C11H16BrN. The number of benzene rings is 1. The fraction of sp³-hybridized carbons (Fsp3) is 0.455. The van der Waals surface area contributed by atoms with E-state index in [-0.39, 0.29) is 0 Å². The predicted molar refractivity (Wildman–Crippen MR) is 60.9 cm³/mol. The Hall–Kier alpha value is -0.340. The molecule has 0 unspecified atom stereocenters. The third-order valence-corrected chi connectivity index (χ3v) is 2.85. The summed E-state index contributed by atoms with van der Waals surface area (Å²) in [5, 5.41) is 3.38. The highest BCUT2D eigenvalue weighted by atomic mass is 79.9. The molecule has 0 atom stereocenters. The van der Waals surface area contributed by atoms with E-state index in [1.807, 2.05) is 0 Å². The molecule has 0 aliphatic rings. The van der Waals surface area contributed by atoms with Crippen molar-refractivity contribution in [3.8, 4) is 0 Å². The topological polar surface area (TPSA) is 12.0 Å². The van der Waals surface area contributed by atoms with Crippen molar-refractivity contribution >= 4 is 15.9 Å². The molecule has 0 fully saturated rings. The summed E-state index contributed by atoms with van der Waals surface area (Å²) in [5.74, 6) is 0. The van der Waals surface area contributed by atoms with E-state index >= 15 is 0 Å². The first kappa shape index (κ1) is 10.7. The van der Waals surface area contributed by atoms with Gasteiger partial charge in [-0.2, -0.15) is 0 Å². The van der Waals surface area contributed by atoms with Crippen LogP contribution in [0.15, 0.2) is 22.7 Å². The summed E-state index contributed by atoms with van der Waals surface area (Å²) in [7, 11) is 0. The Labute approximate surface area is 88.7 Å². The maximum Gasteiger partial charge on any atom is 0.0207 e. The van der Waals surface area contributed by atoms with E-state index in [0.29, 0.717) is 0 Å². The van der Waals surface area contributed by atoms with E-state index in [9.17, 15) is 0 Å². The minimum atomic E-state index is 0.965. The van der Waals surface area contributed by atoms with Crippen LogP contribution in [0.25, 0.3) is 0 Å². The molecule has 1 rings (SSSR count). The smallest absolute Gasteiger partial charge is 0.0207 e.